The van der Waals surface area contributed by atoms with Crippen molar-refractivity contribution in [3.05, 3.63) is 12.7 Å². The van der Waals surface area contributed by atoms with Crippen molar-refractivity contribution in [3.63, 3.8) is 0 Å². The molecule has 2 heteroatoms. The number of thioether (sulfide) groups is 1. The largest absolute Gasteiger partial charge is 0.313 e. The first-order chi connectivity index (χ1) is 6.73. The van der Waals surface area contributed by atoms with Crippen LogP contribution in [0, 0.1) is 0 Å². The van der Waals surface area contributed by atoms with Crippen LogP contribution in [0.5, 0.6) is 0 Å². The van der Waals surface area contributed by atoms with Gasteiger partial charge in [-0.05, 0) is 44.9 Å². The zero-order valence-corrected chi connectivity index (χ0v) is 10.3. The van der Waals surface area contributed by atoms with Gasteiger partial charge in [0, 0.05) is 10.8 Å². The van der Waals surface area contributed by atoms with Crippen LogP contribution in [0.15, 0.2) is 12.7 Å². The van der Waals surface area contributed by atoms with Gasteiger partial charge in [-0.25, -0.2) is 0 Å². The zero-order chi connectivity index (χ0) is 10.4. The van der Waals surface area contributed by atoms with Crippen LogP contribution in [-0.4, -0.2) is 23.1 Å². The van der Waals surface area contributed by atoms with E-state index in [2.05, 4.69) is 37.5 Å². The van der Waals surface area contributed by atoms with Crippen LogP contribution in [0.3, 0.4) is 0 Å². The number of allylic oxidation sites excluding steroid dienone is 1. The van der Waals surface area contributed by atoms with Gasteiger partial charge in [-0.3, -0.25) is 0 Å². The molecule has 1 nitrogen and oxygen atoms in total. The fraction of sp³-hybridized carbons (Fsp3) is 0.833. The highest BCUT2D eigenvalue weighted by atomic mass is 32.2. The summed E-state index contributed by atoms with van der Waals surface area (Å²) < 4.78 is 0.471. The first kappa shape index (κ1) is 12.1. The Balaban J connectivity index is 2.50. The van der Waals surface area contributed by atoms with E-state index in [1.54, 1.807) is 0 Å². The fourth-order valence-electron chi connectivity index (χ4n) is 2.23. The van der Waals surface area contributed by atoms with Crippen LogP contribution in [0.1, 0.15) is 39.5 Å². The molecule has 0 aromatic heterocycles. The van der Waals surface area contributed by atoms with E-state index in [0.717, 1.165) is 13.0 Å². The highest BCUT2D eigenvalue weighted by molar-refractivity contribution is 8.00. The maximum absolute atomic E-state index is 3.81. The minimum atomic E-state index is 0.471. The Kier molecular flexibility index (Phi) is 5.04. The summed E-state index contributed by atoms with van der Waals surface area (Å²) in [7, 11) is 0. The van der Waals surface area contributed by atoms with E-state index < -0.39 is 0 Å². The molecule has 0 amide bonds. The average molecular weight is 213 g/mol. The maximum Gasteiger partial charge on any atom is 0.0285 e. The molecule has 0 saturated carbocycles. The molecular weight excluding hydrogens is 190 g/mol. The van der Waals surface area contributed by atoms with Crippen molar-refractivity contribution < 1.29 is 0 Å². The standard InChI is InChI=1S/C12H23NS/c1-4-6-8-11(13-5-2)12(3)9-7-10-14-12/h4,11,13H,1,5-10H2,2-3H3. The van der Waals surface area contributed by atoms with E-state index in [1.807, 2.05) is 6.08 Å². The molecule has 1 saturated heterocycles. The van der Waals surface area contributed by atoms with Crippen LogP contribution in [-0.2, 0) is 0 Å². The summed E-state index contributed by atoms with van der Waals surface area (Å²) in [4.78, 5) is 0. The topological polar surface area (TPSA) is 12.0 Å². The lowest BCUT2D eigenvalue weighted by molar-refractivity contribution is 0.389. The van der Waals surface area contributed by atoms with Gasteiger partial charge in [-0.2, -0.15) is 11.8 Å². The molecule has 1 rings (SSSR count). The van der Waals surface area contributed by atoms with E-state index >= 15 is 0 Å². The van der Waals surface area contributed by atoms with Gasteiger partial charge in [0.15, 0.2) is 0 Å². The van der Waals surface area contributed by atoms with Gasteiger partial charge in [0.25, 0.3) is 0 Å². The second-order valence-corrected chi connectivity index (χ2v) is 5.87. The van der Waals surface area contributed by atoms with Crippen LogP contribution in [0.25, 0.3) is 0 Å². The number of rotatable bonds is 6. The molecule has 2 unspecified atom stereocenters. The highest BCUT2D eigenvalue weighted by Crippen LogP contribution is 2.41. The smallest absolute Gasteiger partial charge is 0.0285 e. The van der Waals surface area contributed by atoms with Crippen molar-refractivity contribution in [2.24, 2.45) is 0 Å². The van der Waals surface area contributed by atoms with Gasteiger partial charge >= 0.3 is 0 Å². The van der Waals surface area contributed by atoms with E-state index in [1.165, 1.54) is 25.0 Å². The Morgan fingerprint density at radius 3 is 2.93 bits per heavy atom. The molecule has 0 radical (unpaired) electrons. The normalized spacial score (nSPS) is 29.0. The maximum atomic E-state index is 3.81. The van der Waals surface area contributed by atoms with Crippen LogP contribution >= 0.6 is 11.8 Å². The van der Waals surface area contributed by atoms with Crippen LogP contribution in [0.4, 0.5) is 0 Å². The summed E-state index contributed by atoms with van der Waals surface area (Å²) in [6, 6.07) is 0.665. The lowest BCUT2D eigenvalue weighted by atomic mass is 9.92. The third-order valence-electron chi connectivity index (χ3n) is 3.10. The van der Waals surface area contributed by atoms with Crippen LogP contribution < -0.4 is 5.32 Å². The Morgan fingerprint density at radius 1 is 1.64 bits per heavy atom. The molecule has 1 fully saturated rings. The quantitative estimate of drug-likeness (QED) is 0.680. The highest BCUT2D eigenvalue weighted by Gasteiger charge is 2.36. The fourth-order valence-corrected chi connectivity index (χ4v) is 3.68. The van der Waals surface area contributed by atoms with E-state index in [4.69, 9.17) is 0 Å². The van der Waals surface area contributed by atoms with E-state index in [9.17, 15) is 0 Å². The molecule has 0 aliphatic carbocycles. The molecule has 82 valence electrons. The minimum Gasteiger partial charge on any atom is -0.313 e. The Labute approximate surface area is 92.7 Å². The van der Waals surface area contributed by atoms with Gasteiger partial charge in [-0.1, -0.05) is 13.0 Å². The third kappa shape index (κ3) is 3.03. The lowest BCUT2D eigenvalue weighted by Gasteiger charge is -2.33. The summed E-state index contributed by atoms with van der Waals surface area (Å²) in [6.07, 6.45) is 7.16. The summed E-state index contributed by atoms with van der Waals surface area (Å²) in [6.45, 7) is 9.50. The molecule has 1 N–H and O–H groups in total. The molecule has 1 aliphatic rings. The summed E-state index contributed by atoms with van der Waals surface area (Å²) in [5.74, 6) is 1.34. The van der Waals surface area contributed by atoms with Gasteiger partial charge in [0.2, 0.25) is 0 Å². The van der Waals surface area contributed by atoms with Crippen molar-refractivity contribution >= 4 is 11.8 Å². The monoisotopic (exact) mass is 213 g/mol. The number of hydrogen-bond donors (Lipinski definition) is 1. The Morgan fingerprint density at radius 2 is 2.43 bits per heavy atom. The van der Waals surface area contributed by atoms with Crippen molar-refractivity contribution in [3.8, 4) is 0 Å². The molecule has 0 aromatic carbocycles. The zero-order valence-electron chi connectivity index (χ0n) is 9.51. The summed E-state index contributed by atoms with van der Waals surface area (Å²) in [5, 5.41) is 3.63. The van der Waals surface area contributed by atoms with E-state index in [-0.39, 0.29) is 0 Å². The second-order valence-electron chi connectivity index (χ2n) is 4.24. The van der Waals surface area contributed by atoms with Gasteiger partial charge in [-0.15, -0.1) is 6.58 Å². The first-order valence-corrected chi connectivity index (χ1v) is 6.69. The predicted molar refractivity (Wildman–Crippen MR) is 67.0 cm³/mol. The van der Waals surface area contributed by atoms with Crippen molar-refractivity contribution in [1.29, 1.82) is 0 Å². The molecule has 2 atom stereocenters. The summed E-state index contributed by atoms with van der Waals surface area (Å²) in [5.41, 5.74) is 0. The van der Waals surface area contributed by atoms with Gasteiger partial charge in [0.1, 0.15) is 0 Å². The SMILES string of the molecule is C=CCCC(NCC)C1(C)CCCS1. The first-order valence-electron chi connectivity index (χ1n) is 5.71. The molecule has 14 heavy (non-hydrogen) atoms. The predicted octanol–water partition coefficient (Wildman–Crippen LogP) is 3.22. The van der Waals surface area contributed by atoms with Crippen LogP contribution in [0.2, 0.25) is 0 Å². The number of hydrogen-bond acceptors (Lipinski definition) is 2. The second kappa shape index (κ2) is 5.82. The van der Waals surface area contributed by atoms with Crippen molar-refractivity contribution in [2.45, 2.75) is 50.3 Å². The molecule has 0 bridgehead atoms. The van der Waals surface area contributed by atoms with Crippen molar-refractivity contribution in [1.82, 2.24) is 5.32 Å². The van der Waals surface area contributed by atoms with E-state index in [0.29, 0.717) is 10.8 Å². The van der Waals surface area contributed by atoms with Gasteiger partial charge < -0.3 is 5.32 Å². The molecular formula is C12H23NS. The Bertz CT molecular complexity index is 173. The molecule has 1 aliphatic heterocycles. The molecule has 1 heterocycles. The molecule has 0 spiro atoms. The van der Waals surface area contributed by atoms with Gasteiger partial charge in [0.05, 0.1) is 0 Å². The Hall–Kier alpha value is 0.0500. The summed E-state index contributed by atoms with van der Waals surface area (Å²) >= 11 is 2.15. The minimum absolute atomic E-state index is 0.471. The molecule has 0 aromatic rings. The van der Waals surface area contributed by atoms with Crippen molar-refractivity contribution in [2.75, 3.05) is 12.3 Å². The third-order valence-corrected chi connectivity index (χ3v) is 4.74. The average Bonchev–Trinajstić information content (AvgIpc) is 2.60. The lowest BCUT2D eigenvalue weighted by Crippen LogP contribution is -2.45. The number of nitrogens with one attached hydrogen (secondary N) is 1.